The Hall–Kier alpha value is -3.36. The van der Waals surface area contributed by atoms with E-state index in [0.29, 0.717) is 17.4 Å². The smallest absolute Gasteiger partial charge is 0.268 e. The fraction of sp³-hybridized carbons (Fsp3) is 0.641. The number of likely N-dealkylation sites (N-methyl/N-ethyl adjacent to an activating group) is 1. The number of phosphoric ester groups is 1. The summed E-state index contributed by atoms with van der Waals surface area (Å²) in [5.74, 6) is -0.220. The number of carbonyl (C=O) groups excluding carboxylic acids is 1. The van der Waals surface area contributed by atoms with Crippen molar-refractivity contribution < 1.29 is 32.9 Å². The number of phosphoric acid groups is 1. The summed E-state index contributed by atoms with van der Waals surface area (Å²) in [4.78, 5) is 25.4. The summed E-state index contributed by atoms with van der Waals surface area (Å²) < 4.78 is 23.3. The minimum atomic E-state index is -4.61. The molecule has 2 N–H and O–H groups in total. The van der Waals surface area contributed by atoms with Gasteiger partial charge in [-0.25, -0.2) is 0 Å². The molecule has 9 heteroatoms. The Bertz CT molecular complexity index is 1640. The number of aliphatic hydroxyl groups is 1. The Morgan fingerprint density at radius 1 is 0.493 bits per heavy atom. The summed E-state index contributed by atoms with van der Waals surface area (Å²) in [5.41, 5.74) is 0. The molecular weight excluding hydrogens is 924 g/mol. The molecule has 0 heterocycles. The van der Waals surface area contributed by atoms with Crippen LogP contribution in [0, 0.1) is 0 Å². The van der Waals surface area contributed by atoms with Crippen molar-refractivity contribution >= 4 is 13.7 Å². The van der Waals surface area contributed by atoms with Crippen LogP contribution in [0.4, 0.5) is 0 Å². The monoisotopic (exact) mass is 1030 g/mol. The van der Waals surface area contributed by atoms with E-state index in [1.807, 2.05) is 27.2 Å². The maximum absolute atomic E-state index is 12.9. The maximum atomic E-state index is 12.9. The lowest BCUT2D eigenvalue weighted by Gasteiger charge is -2.29. The van der Waals surface area contributed by atoms with Crippen molar-refractivity contribution in [2.45, 2.75) is 225 Å². The largest absolute Gasteiger partial charge is 0.756 e. The molecule has 0 saturated heterocycles. The molecule has 73 heavy (non-hydrogen) atoms. The molecule has 0 aliphatic carbocycles. The van der Waals surface area contributed by atoms with Gasteiger partial charge in [0.1, 0.15) is 13.2 Å². The second kappa shape index (κ2) is 53.5. The van der Waals surface area contributed by atoms with Crippen molar-refractivity contribution in [3.8, 4) is 0 Å². The summed E-state index contributed by atoms with van der Waals surface area (Å²) in [6.07, 6.45) is 81.1. The zero-order chi connectivity index (χ0) is 53.5. The lowest BCUT2D eigenvalue weighted by Crippen LogP contribution is -2.45. The topological polar surface area (TPSA) is 108 Å². The van der Waals surface area contributed by atoms with Crippen LogP contribution in [0.2, 0.25) is 0 Å². The van der Waals surface area contributed by atoms with Gasteiger partial charge in [-0.2, -0.15) is 0 Å². The quantitative estimate of drug-likeness (QED) is 0.0272. The molecular formula is C64H109N2O6P. The average Bonchev–Trinajstić information content (AvgIpc) is 3.35. The molecule has 3 atom stereocenters. The Morgan fingerprint density at radius 3 is 1.27 bits per heavy atom. The van der Waals surface area contributed by atoms with Crippen LogP contribution in [0.3, 0.4) is 0 Å². The minimum Gasteiger partial charge on any atom is -0.756 e. The molecule has 3 unspecified atom stereocenters. The van der Waals surface area contributed by atoms with Gasteiger partial charge >= 0.3 is 0 Å². The van der Waals surface area contributed by atoms with E-state index in [9.17, 15) is 19.4 Å². The molecule has 0 aromatic heterocycles. The first-order valence-corrected chi connectivity index (χ1v) is 30.5. The average molecular weight is 1030 g/mol. The molecule has 0 aromatic carbocycles. The molecule has 8 nitrogen and oxygen atoms in total. The molecule has 0 bridgehead atoms. The van der Waals surface area contributed by atoms with Crippen LogP contribution in [-0.4, -0.2) is 68.5 Å². The molecule has 1 amide bonds. The van der Waals surface area contributed by atoms with Gasteiger partial charge in [0.15, 0.2) is 0 Å². The fourth-order valence-corrected chi connectivity index (χ4v) is 8.28. The number of hydrogen-bond donors (Lipinski definition) is 2. The van der Waals surface area contributed by atoms with Crippen LogP contribution in [0.5, 0.6) is 0 Å². The molecule has 0 fully saturated rings. The van der Waals surface area contributed by atoms with Crippen LogP contribution in [0.25, 0.3) is 0 Å². The van der Waals surface area contributed by atoms with E-state index in [1.54, 1.807) is 6.08 Å². The van der Waals surface area contributed by atoms with Crippen molar-refractivity contribution in [1.29, 1.82) is 0 Å². The second-order valence-electron chi connectivity index (χ2n) is 20.2. The van der Waals surface area contributed by atoms with Crippen LogP contribution >= 0.6 is 7.82 Å². The van der Waals surface area contributed by atoms with Gasteiger partial charge in [0, 0.05) is 6.42 Å². The third-order valence-electron chi connectivity index (χ3n) is 12.1. The normalized spacial score (nSPS) is 14.9. The molecule has 0 saturated carbocycles. The predicted octanol–water partition coefficient (Wildman–Crippen LogP) is 17.3. The van der Waals surface area contributed by atoms with Crippen LogP contribution < -0.4 is 10.2 Å². The molecule has 0 aromatic rings. The summed E-state index contributed by atoms with van der Waals surface area (Å²) in [5, 5.41) is 13.8. The number of rotatable bonds is 51. The first-order chi connectivity index (χ1) is 35.5. The number of unbranched alkanes of at least 4 members (excludes halogenated alkanes) is 18. The van der Waals surface area contributed by atoms with Gasteiger partial charge in [-0.3, -0.25) is 9.36 Å². The Labute approximate surface area is 449 Å². The van der Waals surface area contributed by atoms with Gasteiger partial charge in [0.25, 0.3) is 7.82 Å². The third-order valence-corrected chi connectivity index (χ3v) is 13.0. The number of carbonyl (C=O) groups is 1. The molecule has 0 aliphatic heterocycles. The van der Waals surface area contributed by atoms with E-state index < -0.39 is 26.6 Å². The summed E-state index contributed by atoms with van der Waals surface area (Å²) in [6.45, 7) is 4.46. The van der Waals surface area contributed by atoms with Crippen LogP contribution in [0.1, 0.15) is 213 Å². The van der Waals surface area contributed by atoms with Crippen molar-refractivity contribution in [2.75, 3.05) is 40.9 Å². The van der Waals surface area contributed by atoms with E-state index in [1.165, 1.54) is 89.9 Å². The van der Waals surface area contributed by atoms with Crippen molar-refractivity contribution in [3.63, 3.8) is 0 Å². The zero-order valence-corrected chi connectivity index (χ0v) is 48.2. The molecule has 0 aliphatic rings. The van der Waals surface area contributed by atoms with Crippen molar-refractivity contribution in [3.05, 3.63) is 134 Å². The predicted molar refractivity (Wildman–Crippen MR) is 315 cm³/mol. The fourth-order valence-electron chi connectivity index (χ4n) is 7.55. The van der Waals surface area contributed by atoms with Crippen molar-refractivity contribution in [2.24, 2.45) is 0 Å². The van der Waals surface area contributed by atoms with Gasteiger partial charge < -0.3 is 28.8 Å². The zero-order valence-electron chi connectivity index (χ0n) is 47.3. The summed E-state index contributed by atoms with van der Waals surface area (Å²) in [7, 11) is 1.22. The minimum absolute atomic E-state index is 0.0154. The number of quaternary nitrogens is 1. The third kappa shape index (κ3) is 56.2. The molecule has 0 rings (SSSR count). The highest BCUT2D eigenvalue weighted by Crippen LogP contribution is 2.38. The van der Waals surface area contributed by atoms with E-state index in [2.05, 4.69) is 141 Å². The van der Waals surface area contributed by atoms with E-state index in [0.717, 1.165) is 103 Å². The van der Waals surface area contributed by atoms with Gasteiger partial charge in [0.05, 0.1) is 39.9 Å². The van der Waals surface area contributed by atoms with Crippen molar-refractivity contribution in [1.82, 2.24) is 5.32 Å². The highest BCUT2D eigenvalue weighted by Gasteiger charge is 2.23. The number of nitrogens with zero attached hydrogens (tertiary/aromatic N) is 1. The number of hydrogen-bond acceptors (Lipinski definition) is 6. The van der Waals surface area contributed by atoms with Gasteiger partial charge in [0.2, 0.25) is 5.91 Å². The Morgan fingerprint density at radius 2 is 0.849 bits per heavy atom. The first kappa shape index (κ1) is 69.6. The van der Waals surface area contributed by atoms with Gasteiger partial charge in [-0.15, -0.1) is 0 Å². The van der Waals surface area contributed by atoms with Gasteiger partial charge in [-0.1, -0.05) is 231 Å². The standard InChI is InChI=1S/C64H109N2O6P/c1-6-8-10-12-14-16-18-20-22-23-24-25-26-27-28-29-30-31-32-33-34-35-36-37-38-39-40-41-42-43-44-46-48-50-52-54-56-58-64(68)65-62(61-72-73(69,70)71-60-59-66(3,4)5)63(67)57-55-53-51-49-47-45-21-19-17-15-13-11-9-7-2/h8,10,14,16-17,19-20,22,24-25,27-28,30-31,33-34,36-37,47,49,55,57,62-63,67H,6-7,9,11-13,15,18,21,23,26,29,32,35,38-46,48,50-54,56,58-61H2,1-5H3,(H-,65,68,69,70)/b10-8-,16-14-,19-17+,22-20-,25-24-,28-27-,31-30-,34-33-,37-36-,49-47+,57-55+. The van der Waals surface area contributed by atoms with E-state index in [4.69, 9.17) is 9.05 Å². The SMILES string of the molecule is CC/C=C\C/C=C\C/C=C\C/C=C\C/C=C\C/C=C\C/C=C\C/C=C\CCCCCCCCCCCCCCC(=O)NC(COP(=O)([O-])OCC[N+](C)(C)C)C(O)/C=C/CC/C=C/CC/C=C/CCCCCC. The van der Waals surface area contributed by atoms with E-state index >= 15 is 0 Å². The van der Waals surface area contributed by atoms with Gasteiger partial charge in [-0.05, 0) is 109 Å². The molecule has 416 valence electrons. The summed E-state index contributed by atoms with van der Waals surface area (Å²) >= 11 is 0. The highest BCUT2D eigenvalue weighted by atomic mass is 31.2. The lowest BCUT2D eigenvalue weighted by molar-refractivity contribution is -0.870. The van der Waals surface area contributed by atoms with Crippen LogP contribution in [-0.2, 0) is 18.4 Å². The second-order valence-corrected chi connectivity index (χ2v) is 21.7. The Kier molecular flexibility index (Phi) is 51.0. The number of nitrogens with one attached hydrogen (secondary N) is 1. The maximum Gasteiger partial charge on any atom is 0.268 e. The van der Waals surface area contributed by atoms with E-state index in [-0.39, 0.29) is 12.5 Å². The molecule has 0 spiro atoms. The van der Waals surface area contributed by atoms with Crippen LogP contribution in [0.15, 0.2) is 134 Å². The highest BCUT2D eigenvalue weighted by molar-refractivity contribution is 7.45. The first-order valence-electron chi connectivity index (χ1n) is 29.0. The summed E-state index contributed by atoms with van der Waals surface area (Å²) in [6, 6.07) is -0.919. The number of amides is 1. The number of aliphatic hydroxyl groups excluding tert-OH is 1. The molecule has 0 radical (unpaired) electrons. The Balaban J connectivity index is 4.13. The number of allylic oxidation sites excluding steroid dienone is 21. The lowest BCUT2D eigenvalue weighted by atomic mass is 10.0.